The predicted octanol–water partition coefficient (Wildman–Crippen LogP) is 4.99. The van der Waals surface area contributed by atoms with Gasteiger partial charge in [-0.25, -0.2) is 4.79 Å². The number of rotatable bonds is 11. The molecule has 7 nitrogen and oxygen atoms in total. The lowest BCUT2D eigenvalue weighted by Gasteiger charge is -2.11. The summed E-state index contributed by atoms with van der Waals surface area (Å²) in [4.78, 5) is 24.0. The molecule has 0 unspecified atom stereocenters. The zero-order valence-electron chi connectivity index (χ0n) is 18.6. The lowest BCUT2D eigenvalue weighted by molar-refractivity contribution is -0.112. The van der Waals surface area contributed by atoms with Crippen LogP contribution < -0.4 is 14.8 Å². The summed E-state index contributed by atoms with van der Waals surface area (Å²) < 4.78 is 15.8. The third kappa shape index (κ3) is 7.17. The molecule has 7 heteroatoms. The van der Waals surface area contributed by atoms with E-state index in [1.807, 2.05) is 6.07 Å². The average molecular weight is 437 g/mol. The molecular weight excluding hydrogens is 408 g/mol. The Morgan fingerprint density at radius 3 is 2.41 bits per heavy atom. The minimum Gasteiger partial charge on any atom is -0.493 e. The van der Waals surface area contributed by atoms with Crippen LogP contribution in [-0.2, 0) is 9.53 Å². The Bertz CT molecular complexity index is 990. The number of nitriles is 1. The number of hydrogen-bond donors (Lipinski definition) is 1. The number of ether oxygens (including phenoxy) is 3. The van der Waals surface area contributed by atoms with Gasteiger partial charge in [0.1, 0.15) is 11.6 Å². The fraction of sp³-hybridized carbons (Fsp3) is 0.320. The molecule has 0 bridgehead atoms. The monoisotopic (exact) mass is 436 g/mol. The standard InChI is InChI=1S/C25H28N2O5/c1-4-5-6-7-14-32-22-13-8-18(16-23(22)30-2)15-20(17-26)24(28)27-21-11-9-19(10-12-21)25(29)31-3/h8-13,15-16H,4-7,14H2,1-3H3,(H,27,28)/b20-15+. The molecule has 0 aliphatic carbocycles. The Hall–Kier alpha value is -3.79. The van der Waals surface area contributed by atoms with E-state index < -0.39 is 11.9 Å². The number of nitrogens with one attached hydrogen (secondary N) is 1. The topological polar surface area (TPSA) is 97.7 Å². The minimum absolute atomic E-state index is 0.0719. The van der Waals surface area contributed by atoms with Gasteiger partial charge in [-0.15, -0.1) is 0 Å². The minimum atomic E-state index is -0.562. The summed E-state index contributed by atoms with van der Waals surface area (Å²) in [6, 6.07) is 13.4. The number of carbonyl (C=O) groups excluding carboxylic acids is 2. The summed E-state index contributed by atoms with van der Waals surface area (Å²) >= 11 is 0. The number of nitrogens with zero attached hydrogens (tertiary/aromatic N) is 1. The van der Waals surface area contributed by atoms with Crippen LogP contribution in [0.5, 0.6) is 11.5 Å². The van der Waals surface area contributed by atoms with E-state index >= 15 is 0 Å². The Labute approximate surface area is 188 Å². The summed E-state index contributed by atoms with van der Waals surface area (Å²) in [7, 11) is 2.84. The number of benzene rings is 2. The van der Waals surface area contributed by atoms with Gasteiger partial charge in [0, 0.05) is 5.69 Å². The van der Waals surface area contributed by atoms with Crippen molar-refractivity contribution in [2.45, 2.75) is 32.6 Å². The zero-order valence-corrected chi connectivity index (χ0v) is 18.6. The first-order valence-electron chi connectivity index (χ1n) is 10.4. The van der Waals surface area contributed by atoms with Crippen molar-refractivity contribution in [1.29, 1.82) is 5.26 Å². The molecule has 2 aromatic carbocycles. The number of methoxy groups -OCH3 is 2. The molecular formula is C25H28N2O5. The number of amides is 1. The first-order valence-corrected chi connectivity index (χ1v) is 10.4. The molecule has 2 aromatic rings. The van der Waals surface area contributed by atoms with E-state index in [-0.39, 0.29) is 5.57 Å². The second-order valence-corrected chi connectivity index (χ2v) is 7.01. The molecule has 0 saturated heterocycles. The molecule has 0 aromatic heterocycles. The third-order valence-corrected chi connectivity index (χ3v) is 4.68. The quantitative estimate of drug-likeness (QED) is 0.231. The van der Waals surface area contributed by atoms with Crippen molar-refractivity contribution in [1.82, 2.24) is 0 Å². The van der Waals surface area contributed by atoms with E-state index in [1.165, 1.54) is 31.7 Å². The first-order chi connectivity index (χ1) is 15.5. The highest BCUT2D eigenvalue weighted by atomic mass is 16.5. The fourth-order valence-corrected chi connectivity index (χ4v) is 2.93. The Kier molecular flexibility index (Phi) is 9.79. The van der Waals surface area contributed by atoms with Gasteiger partial charge in [0.2, 0.25) is 0 Å². The largest absolute Gasteiger partial charge is 0.493 e. The van der Waals surface area contributed by atoms with E-state index in [1.54, 1.807) is 37.4 Å². The number of hydrogen-bond acceptors (Lipinski definition) is 6. The van der Waals surface area contributed by atoms with Gasteiger partial charge >= 0.3 is 5.97 Å². The van der Waals surface area contributed by atoms with Crippen LogP contribution in [0.25, 0.3) is 6.08 Å². The van der Waals surface area contributed by atoms with Crippen molar-refractivity contribution in [3.63, 3.8) is 0 Å². The summed E-state index contributed by atoms with van der Waals surface area (Å²) in [6.45, 7) is 2.76. The van der Waals surface area contributed by atoms with Crippen LogP contribution >= 0.6 is 0 Å². The van der Waals surface area contributed by atoms with Gasteiger partial charge in [-0.05, 0) is 54.5 Å². The highest BCUT2D eigenvalue weighted by Gasteiger charge is 2.12. The molecule has 0 heterocycles. The van der Waals surface area contributed by atoms with Crippen molar-refractivity contribution >= 4 is 23.6 Å². The second kappa shape index (κ2) is 12.8. The number of unbranched alkanes of at least 4 members (excludes halogenated alkanes) is 3. The van der Waals surface area contributed by atoms with Crippen molar-refractivity contribution in [2.75, 3.05) is 26.1 Å². The summed E-state index contributed by atoms with van der Waals surface area (Å²) in [5.74, 6) is 0.122. The van der Waals surface area contributed by atoms with Gasteiger partial charge in [-0.2, -0.15) is 5.26 Å². The van der Waals surface area contributed by atoms with Crippen molar-refractivity contribution in [3.8, 4) is 17.6 Å². The van der Waals surface area contributed by atoms with Crippen LogP contribution in [0.2, 0.25) is 0 Å². The molecule has 1 N–H and O–H groups in total. The average Bonchev–Trinajstić information content (AvgIpc) is 2.82. The number of carbonyl (C=O) groups is 2. The molecule has 0 atom stereocenters. The molecule has 2 rings (SSSR count). The summed E-state index contributed by atoms with van der Waals surface area (Å²) in [5, 5.41) is 12.1. The van der Waals surface area contributed by atoms with Crippen LogP contribution in [0.1, 0.15) is 48.5 Å². The van der Waals surface area contributed by atoms with E-state index in [9.17, 15) is 14.9 Å². The number of esters is 1. The molecule has 0 aliphatic rings. The highest BCUT2D eigenvalue weighted by molar-refractivity contribution is 6.09. The first kappa shape index (κ1) is 24.5. The lowest BCUT2D eigenvalue weighted by Crippen LogP contribution is -2.13. The predicted molar refractivity (Wildman–Crippen MR) is 123 cm³/mol. The Balaban J connectivity index is 2.08. The van der Waals surface area contributed by atoms with Crippen molar-refractivity contribution in [2.24, 2.45) is 0 Å². The summed E-state index contributed by atoms with van der Waals surface area (Å²) in [5.41, 5.74) is 1.37. The second-order valence-electron chi connectivity index (χ2n) is 7.01. The van der Waals surface area contributed by atoms with Gasteiger partial charge < -0.3 is 19.5 Å². The maximum absolute atomic E-state index is 12.5. The van der Waals surface area contributed by atoms with E-state index in [0.717, 1.165) is 19.3 Å². The van der Waals surface area contributed by atoms with Gasteiger partial charge in [-0.3, -0.25) is 4.79 Å². The maximum Gasteiger partial charge on any atom is 0.337 e. The SMILES string of the molecule is CCCCCCOc1ccc(/C=C(\C#N)C(=O)Nc2ccc(C(=O)OC)cc2)cc1OC. The van der Waals surface area contributed by atoms with Crippen LogP contribution in [0.3, 0.4) is 0 Å². The molecule has 0 spiro atoms. The molecule has 0 fully saturated rings. The van der Waals surface area contributed by atoms with Crippen LogP contribution in [0, 0.1) is 11.3 Å². The van der Waals surface area contributed by atoms with E-state index in [2.05, 4.69) is 17.0 Å². The normalized spacial score (nSPS) is 10.8. The van der Waals surface area contributed by atoms with Crippen LogP contribution in [0.15, 0.2) is 48.0 Å². The van der Waals surface area contributed by atoms with Crippen molar-refractivity contribution < 1.29 is 23.8 Å². The smallest absolute Gasteiger partial charge is 0.337 e. The van der Waals surface area contributed by atoms with Gasteiger partial charge in [0.15, 0.2) is 11.5 Å². The molecule has 1 amide bonds. The molecule has 32 heavy (non-hydrogen) atoms. The van der Waals surface area contributed by atoms with Gasteiger partial charge in [0.05, 0.1) is 26.4 Å². The van der Waals surface area contributed by atoms with E-state index in [4.69, 9.17) is 9.47 Å². The Morgan fingerprint density at radius 1 is 1.03 bits per heavy atom. The summed E-state index contributed by atoms with van der Waals surface area (Å²) in [6.07, 6.45) is 5.91. The molecule has 168 valence electrons. The Morgan fingerprint density at radius 2 is 1.78 bits per heavy atom. The molecule has 0 aliphatic heterocycles. The highest BCUT2D eigenvalue weighted by Crippen LogP contribution is 2.29. The lowest BCUT2D eigenvalue weighted by atomic mass is 10.1. The van der Waals surface area contributed by atoms with E-state index in [0.29, 0.717) is 34.9 Å². The maximum atomic E-state index is 12.5. The van der Waals surface area contributed by atoms with Gasteiger partial charge in [0.25, 0.3) is 5.91 Å². The number of anilines is 1. The van der Waals surface area contributed by atoms with Crippen LogP contribution in [0.4, 0.5) is 5.69 Å². The third-order valence-electron chi connectivity index (χ3n) is 4.68. The molecule has 0 saturated carbocycles. The fourth-order valence-electron chi connectivity index (χ4n) is 2.93. The van der Waals surface area contributed by atoms with Gasteiger partial charge in [-0.1, -0.05) is 32.3 Å². The van der Waals surface area contributed by atoms with Crippen LogP contribution in [-0.4, -0.2) is 32.7 Å². The van der Waals surface area contributed by atoms with Crippen molar-refractivity contribution in [3.05, 3.63) is 59.2 Å². The molecule has 0 radical (unpaired) electrons. The zero-order chi connectivity index (χ0) is 23.3.